The van der Waals surface area contributed by atoms with E-state index in [1.165, 1.54) is 0 Å². The highest BCUT2D eigenvalue weighted by atomic mass is 35.5. The maximum absolute atomic E-state index is 11.5. The van der Waals surface area contributed by atoms with E-state index in [9.17, 15) is 8.42 Å². The van der Waals surface area contributed by atoms with Gasteiger partial charge in [0.05, 0.1) is 43.3 Å². The predicted octanol–water partition coefficient (Wildman–Crippen LogP) is -2.57. The average Bonchev–Trinajstić information content (AvgIpc) is 2.26. The molecule has 2 aliphatic rings. The van der Waals surface area contributed by atoms with Gasteiger partial charge in [-0.25, -0.2) is 8.42 Å². The van der Waals surface area contributed by atoms with E-state index < -0.39 is 9.84 Å². The molecule has 0 aromatic rings. The Bertz CT molecular complexity index is 344. The molecule has 0 amide bonds. The van der Waals surface area contributed by atoms with Crippen LogP contribution in [0.4, 0.5) is 0 Å². The van der Waals surface area contributed by atoms with E-state index in [1.54, 1.807) is 7.11 Å². The van der Waals surface area contributed by atoms with E-state index >= 15 is 0 Å². The number of ether oxygens (including phenoxy) is 1. The zero-order valence-electron chi connectivity index (χ0n) is 10.6. The highest BCUT2D eigenvalue weighted by Crippen LogP contribution is 2.29. The Morgan fingerprint density at radius 1 is 1.18 bits per heavy atom. The first-order chi connectivity index (χ1) is 7.47. The van der Waals surface area contributed by atoms with Crippen LogP contribution in [0, 0.1) is 0 Å². The molecule has 2 unspecified atom stereocenters. The van der Waals surface area contributed by atoms with Crippen molar-refractivity contribution in [2.45, 2.75) is 31.9 Å². The SMILES string of the molecule is COC1CC[N+]2(CCS(=O)(=O)CC2)C(C)C1.[Cl-]. The minimum absolute atomic E-state index is 0. The first-order valence-electron chi connectivity index (χ1n) is 6.06. The van der Waals surface area contributed by atoms with Gasteiger partial charge in [-0.2, -0.15) is 0 Å². The summed E-state index contributed by atoms with van der Waals surface area (Å²) in [5, 5.41) is 0. The van der Waals surface area contributed by atoms with Crippen LogP contribution in [0.25, 0.3) is 0 Å². The van der Waals surface area contributed by atoms with Crippen molar-refractivity contribution in [3.8, 4) is 0 Å². The summed E-state index contributed by atoms with van der Waals surface area (Å²) in [6.07, 6.45) is 2.51. The summed E-state index contributed by atoms with van der Waals surface area (Å²) >= 11 is 0. The molecular weight excluding hydrogens is 262 g/mol. The molecule has 1 spiro atoms. The van der Waals surface area contributed by atoms with Gasteiger partial charge < -0.3 is 21.6 Å². The monoisotopic (exact) mass is 283 g/mol. The normalized spacial score (nSPS) is 35.2. The molecule has 2 rings (SSSR count). The van der Waals surface area contributed by atoms with Crippen LogP contribution in [0.15, 0.2) is 0 Å². The van der Waals surface area contributed by atoms with Crippen molar-refractivity contribution in [1.82, 2.24) is 0 Å². The van der Waals surface area contributed by atoms with Gasteiger partial charge in [-0.15, -0.1) is 0 Å². The van der Waals surface area contributed by atoms with E-state index in [2.05, 4.69) is 6.92 Å². The number of piperidine rings is 1. The van der Waals surface area contributed by atoms with Gasteiger partial charge in [-0.3, -0.25) is 0 Å². The fourth-order valence-electron chi connectivity index (χ4n) is 3.08. The van der Waals surface area contributed by atoms with Crippen molar-refractivity contribution >= 4 is 9.84 Å². The zero-order valence-corrected chi connectivity index (χ0v) is 12.1. The van der Waals surface area contributed by atoms with Gasteiger partial charge in [0.2, 0.25) is 0 Å². The molecule has 0 bridgehead atoms. The van der Waals surface area contributed by atoms with Crippen molar-refractivity contribution in [3.63, 3.8) is 0 Å². The lowest BCUT2D eigenvalue weighted by atomic mass is 9.97. The Morgan fingerprint density at radius 2 is 1.76 bits per heavy atom. The van der Waals surface area contributed by atoms with Crippen LogP contribution in [-0.4, -0.2) is 63.3 Å². The summed E-state index contributed by atoms with van der Waals surface area (Å²) in [5.41, 5.74) is 0. The predicted molar refractivity (Wildman–Crippen MR) is 63.0 cm³/mol. The second kappa shape index (κ2) is 5.43. The van der Waals surface area contributed by atoms with Gasteiger partial charge >= 0.3 is 0 Å². The summed E-state index contributed by atoms with van der Waals surface area (Å²) in [5.74, 6) is 0.740. The van der Waals surface area contributed by atoms with E-state index in [-0.39, 0.29) is 12.4 Å². The fourth-order valence-corrected chi connectivity index (χ4v) is 4.57. The average molecular weight is 284 g/mol. The van der Waals surface area contributed by atoms with Gasteiger partial charge in [0, 0.05) is 20.0 Å². The van der Waals surface area contributed by atoms with Crippen LogP contribution in [0.3, 0.4) is 0 Å². The number of sulfone groups is 1. The second-order valence-corrected chi connectivity index (χ2v) is 7.58. The molecule has 0 N–H and O–H groups in total. The third-order valence-corrected chi connectivity index (χ3v) is 6.07. The van der Waals surface area contributed by atoms with Crippen LogP contribution in [0.1, 0.15) is 19.8 Å². The molecule has 2 heterocycles. The zero-order chi connectivity index (χ0) is 11.8. The molecule has 17 heavy (non-hydrogen) atoms. The molecule has 0 radical (unpaired) electrons. The third-order valence-electron chi connectivity index (χ3n) is 4.46. The molecule has 0 saturated carbocycles. The maximum atomic E-state index is 11.5. The van der Waals surface area contributed by atoms with Crippen molar-refractivity contribution in [2.75, 3.05) is 38.2 Å². The molecule has 2 aliphatic heterocycles. The van der Waals surface area contributed by atoms with Crippen molar-refractivity contribution in [1.29, 1.82) is 0 Å². The maximum Gasteiger partial charge on any atom is 0.161 e. The summed E-state index contributed by atoms with van der Waals surface area (Å²) in [7, 11) is -0.976. The standard InChI is InChI=1S/C11H22NO3S.ClH/c1-10-9-11(15-2)3-4-12(10)5-7-16(13,14)8-6-12;/h10-11H,3-9H2,1-2H3;1H/q+1;/p-1. The molecule has 0 aromatic heterocycles. The number of halogens is 1. The molecule has 2 atom stereocenters. The quantitative estimate of drug-likeness (QED) is 0.497. The fraction of sp³-hybridized carbons (Fsp3) is 1.00. The summed E-state index contributed by atoms with van der Waals surface area (Å²) in [4.78, 5) is 0. The first kappa shape index (κ1) is 15.2. The lowest BCUT2D eigenvalue weighted by Crippen LogP contribution is -3.00. The van der Waals surface area contributed by atoms with Crippen molar-refractivity contribution < 1.29 is 30.0 Å². The highest BCUT2D eigenvalue weighted by molar-refractivity contribution is 7.91. The number of hydrogen-bond donors (Lipinski definition) is 0. The Kier molecular flexibility index (Phi) is 4.86. The highest BCUT2D eigenvalue weighted by Gasteiger charge is 2.44. The smallest absolute Gasteiger partial charge is 0.161 e. The number of quaternary nitrogens is 1. The largest absolute Gasteiger partial charge is 1.00 e. The molecule has 2 saturated heterocycles. The van der Waals surface area contributed by atoms with E-state index in [4.69, 9.17) is 4.74 Å². The minimum Gasteiger partial charge on any atom is -1.00 e. The van der Waals surface area contributed by atoms with Crippen LogP contribution in [0.2, 0.25) is 0 Å². The van der Waals surface area contributed by atoms with Gasteiger partial charge in [-0.1, -0.05) is 0 Å². The van der Waals surface area contributed by atoms with Crippen LogP contribution < -0.4 is 12.4 Å². The Labute approximate surface area is 110 Å². The van der Waals surface area contributed by atoms with E-state index in [1.807, 2.05) is 0 Å². The Morgan fingerprint density at radius 3 is 2.24 bits per heavy atom. The Balaban J connectivity index is 0.00000144. The number of hydrogen-bond acceptors (Lipinski definition) is 3. The molecule has 6 heteroatoms. The summed E-state index contributed by atoms with van der Waals surface area (Å²) in [6, 6.07) is 0.536. The molecule has 2 fully saturated rings. The third kappa shape index (κ3) is 3.13. The second-order valence-electron chi connectivity index (χ2n) is 5.27. The Hall–Kier alpha value is 0.160. The van der Waals surface area contributed by atoms with Gasteiger partial charge in [0.25, 0.3) is 0 Å². The molecule has 0 aliphatic carbocycles. The molecule has 102 valence electrons. The lowest BCUT2D eigenvalue weighted by molar-refractivity contribution is -0.952. The molecule has 4 nitrogen and oxygen atoms in total. The number of methoxy groups -OCH3 is 1. The van der Waals surface area contributed by atoms with Crippen molar-refractivity contribution in [3.05, 3.63) is 0 Å². The topological polar surface area (TPSA) is 43.4 Å². The minimum atomic E-state index is -2.75. The van der Waals surface area contributed by atoms with E-state index in [0.717, 1.165) is 37.0 Å². The number of nitrogens with zero attached hydrogens (tertiary/aromatic N) is 1. The lowest BCUT2D eigenvalue weighted by Gasteiger charge is -2.50. The van der Waals surface area contributed by atoms with Gasteiger partial charge in [-0.05, 0) is 6.92 Å². The summed E-state index contributed by atoms with van der Waals surface area (Å²) < 4.78 is 29.3. The van der Waals surface area contributed by atoms with Crippen LogP contribution in [-0.2, 0) is 14.6 Å². The van der Waals surface area contributed by atoms with Gasteiger partial charge in [0.1, 0.15) is 0 Å². The summed E-state index contributed by atoms with van der Waals surface area (Å²) in [6.45, 7) is 4.93. The molecular formula is C11H22ClNO3S. The van der Waals surface area contributed by atoms with Crippen molar-refractivity contribution in [2.24, 2.45) is 0 Å². The molecule has 0 aromatic carbocycles. The van der Waals surface area contributed by atoms with Crippen LogP contribution >= 0.6 is 0 Å². The number of rotatable bonds is 1. The first-order valence-corrected chi connectivity index (χ1v) is 7.88. The van der Waals surface area contributed by atoms with Gasteiger partial charge in [0.15, 0.2) is 9.84 Å². The van der Waals surface area contributed by atoms with Crippen LogP contribution in [0.5, 0.6) is 0 Å². The van der Waals surface area contributed by atoms with E-state index in [0.29, 0.717) is 23.7 Å².